The Bertz CT molecular complexity index is 750. The lowest BCUT2D eigenvalue weighted by molar-refractivity contribution is -0.161. The van der Waals surface area contributed by atoms with Crippen LogP contribution in [-0.4, -0.2) is 11.2 Å². The maximum Gasteiger partial charge on any atom is 0.0594 e. The Morgan fingerprint density at radius 2 is 1.48 bits per heavy atom. The Balaban J connectivity index is 1.41. The van der Waals surface area contributed by atoms with Gasteiger partial charge >= 0.3 is 0 Å². The lowest BCUT2D eigenvalue weighted by Crippen LogP contribution is -2.57. The maximum absolute atomic E-state index is 10.8. The van der Waals surface area contributed by atoms with E-state index in [4.69, 9.17) is 0 Å². The average Bonchev–Trinajstić information content (AvgIpc) is 3.27. The molecule has 176 valence electrons. The summed E-state index contributed by atoms with van der Waals surface area (Å²) >= 11 is 0. The molecule has 5 unspecified atom stereocenters. The Hall–Kier alpha value is -0.300. The lowest BCUT2D eigenvalue weighted by Gasteiger charge is -2.63. The second kappa shape index (κ2) is 6.86. The standard InChI is InChI=1S/C30H50O/c1-20(2)9-8-10-21(3)22-13-15-28(7)24-12-11-23-26(4,5)25(31)14-16-29(23)19-30(24,29)18-17-27(22,28)6/h8-9,20-25,31H,10-19H2,1-7H3/b9-8+/t21?,22-,23?,24?,25+,27-,28+,29?,30?/m1/s1. The predicted octanol–water partition coefficient (Wildman–Crippen LogP) is 8.02. The lowest BCUT2D eigenvalue weighted by atomic mass is 9.42. The summed E-state index contributed by atoms with van der Waals surface area (Å²) in [4.78, 5) is 0. The third kappa shape index (κ3) is 2.71. The Morgan fingerprint density at radius 3 is 2.19 bits per heavy atom. The van der Waals surface area contributed by atoms with Crippen LogP contribution in [0.25, 0.3) is 0 Å². The van der Waals surface area contributed by atoms with Crippen LogP contribution in [0.2, 0.25) is 0 Å². The Kier molecular flexibility index (Phi) is 4.98. The van der Waals surface area contributed by atoms with Crippen LogP contribution in [0.15, 0.2) is 12.2 Å². The molecule has 0 saturated heterocycles. The second-order valence-corrected chi connectivity index (χ2v) is 14.4. The highest BCUT2D eigenvalue weighted by molar-refractivity contribution is 5.30. The minimum absolute atomic E-state index is 0.0858. The molecule has 0 aromatic rings. The highest BCUT2D eigenvalue weighted by Gasteiger charge is 2.82. The molecule has 5 fully saturated rings. The van der Waals surface area contributed by atoms with Gasteiger partial charge in [-0.25, -0.2) is 0 Å². The Morgan fingerprint density at radius 1 is 0.806 bits per heavy atom. The Labute approximate surface area is 192 Å². The van der Waals surface area contributed by atoms with Gasteiger partial charge in [0.1, 0.15) is 0 Å². The zero-order valence-corrected chi connectivity index (χ0v) is 21.6. The highest BCUT2D eigenvalue weighted by Crippen LogP contribution is 2.89. The molecule has 5 saturated carbocycles. The van der Waals surface area contributed by atoms with Gasteiger partial charge < -0.3 is 5.11 Å². The van der Waals surface area contributed by atoms with Gasteiger partial charge in [-0.05, 0) is 121 Å². The number of rotatable bonds is 4. The van der Waals surface area contributed by atoms with E-state index in [1.165, 1.54) is 57.8 Å². The van der Waals surface area contributed by atoms with E-state index < -0.39 is 0 Å². The van der Waals surface area contributed by atoms with Crippen LogP contribution < -0.4 is 0 Å². The number of aliphatic hydroxyl groups excluding tert-OH is 1. The topological polar surface area (TPSA) is 20.2 Å². The van der Waals surface area contributed by atoms with E-state index in [0.29, 0.717) is 27.6 Å². The fourth-order valence-electron chi connectivity index (χ4n) is 11.0. The SMILES string of the molecule is CC(C)/C=C/CC(C)[C@H]1CC[C@@]2(C)C3CCC4C(C)(C)[C@@H](O)CCC45CC35CC[C@]12C. The normalized spacial score (nSPS) is 53.6. The molecule has 1 nitrogen and oxygen atoms in total. The molecular weight excluding hydrogens is 376 g/mol. The summed E-state index contributed by atoms with van der Waals surface area (Å²) in [6.07, 6.45) is 18.6. The van der Waals surface area contributed by atoms with E-state index in [9.17, 15) is 5.11 Å². The van der Waals surface area contributed by atoms with Crippen molar-refractivity contribution < 1.29 is 5.11 Å². The molecule has 5 aliphatic carbocycles. The molecular formula is C30H50O. The number of hydrogen-bond acceptors (Lipinski definition) is 1. The molecule has 0 bridgehead atoms. The van der Waals surface area contributed by atoms with Crippen molar-refractivity contribution in [3.63, 3.8) is 0 Å². The first-order chi connectivity index (χ1) is 14.4. The largest absolute Gasteiger partial charge is 0.393 e. The summed E-state index contributed by atoms with van der Waals surface area (Å²) in [7, 11) is 0. The first-order valence-corrected chi connectivity index (χ1v) is 13.8. The van der Waals surface area contributed by atoms with Crippen molar-refractivity contribution in [2.75, 3.05) is 0 Å². The van der Waals surface area contributed by atoms with Crippen LogP contribution in [0, 0.1) is 56.7 Å². The molecule has 5 aliphatic rings. The van der Waals surface area contributed by atoms with E-state index in [2.05, 4.69) is 60.6 Å². The first kappa shape index (κ1) is 22.5. The van der Waals surface area contributed by atoms with Crippen LogP contribution in [0.1, 0.15) is 113 Å². The van der Waals surface area contributed by atoms with Gasteiger partial charge in [0.05, 0.1) is 6.10 Å². The van der Waals surface area contributed by atoms with Crippen LogP contribution in [0.4, 0.5) is 0 Å². The molecule has 2 spiro atoms. The summed E-state index contributed by atoms with van der Waals surface area (Å²) in [6.45, 7) is 17.4. The number of hydrogen-bond donors (Lipinski definition) is 1. The van der Waals surface area contributed by atoms with E-state index in [-0.39, 0.29) is 11.5 Å². The molecule has 31 heavy (non-hydrogen) atoms. The molecule has 0 radical (unpaired) electrons. The van der Waals surface area contributed by atoms with Crippen LogP contribution in [-0.2, 0) is 0 Å². The van der Waals surface area contributed by atoms with E-state index >= 15 is 0 Å². The maximum atomic E-state index is 10.8. The van der Waals surface area contributed by atoms with E-state index in [0.717, 1.165) is 30.1 Å². The van der Waals surface area contributed by atoms with E-state index in [1.54, 1.807) is 0 Å². The van der Waals surface area contributed by atoms with Crippen LogP contribution >= 0.6 is 0 Å². The molecule has 0 aromatic carbocycles. The molecule has 0 heterocycles. The molecule has 5 rings (SSSR count). The quantitative estimate of drug-likeness (QED) is 0.451. The van der Waals surface area contributed by atoms with Crippen LogP contribution in [0.5, 0.6) is 0 Å². The highest BCUT2D eigenvalue weighted by atomic mass is 16.3. The van der Waals surface area contributed by atoms with Gasteiger partial charge in [0.25, 0.3) is 0 Å². The number of aliphatic hydroxyl groups is 1. The third-order valence-electron chi connectivity index (χ3n) is 12.9. The van der Waals surface area contributed by atoms with Gasteiger partial charge in [-0.15, -0.1) is 0 Å². The van der Waals surface area contributed by atoms with E-state index in [1.807, 2.05) is 0 Å². The van der Waals surface area contributed by atoms with Gasteiger partial charge in [0, 0.05) is 0 Å². The molecule has 0 amide bonds. The van der Waals surface area contributed by atoms with Crippen molar-refractivity contribution in [1.82, 2.24) is 0 Å². The molecule has 9 atom stereocenters. The fraction of sp³-hybridized carbons (Fsp3) is 0.933. The smallest absolute Gasteiger partial charge is 0.0594 e. The van der Waals surface area contributed by atoms with Crippen molar-refractivity contribution >= 4 is 0 Å². The predicted molar refractivity (Wildman–Crippen MR) is 131 cm³/mol. The number of allylic oxidation sites excluding steroid dienone is 2. The van der Waals surface area contributed by atoms with Crippen molar-refractivity contribution in [2.45, 2.75) is 119 Å². The summed E-state index contributed by atoms with van der Waals surface area (Å²) in [5.74, 6) is 4.06. The van der Waals surface area contributed by atoms with Gasteiger partial charge in [-0.2, -0.15) is 0 Å². The molecule has 0 aliphatic heterocycles. The van der Waals surface area contributed by atoms with Crippen molar-refractivity contribution in [1.29, 1.82) is 0 Å². The van der Waals surface area contributed by atoms with Gasteiger partial charge in [-0.3, -0.25) is 0 Å². The second-order valence-electron chi connectivity index (χ2n) is 14.4. The minimum atomic E-state index is -0.0858. The summed E-state index contributed by atoms with van der Waals surface area (Å²) in [6, 6.07) is 0. The molecule has 1 heteroatoms. The monoisotopic (exact) mass is 426 g/mol. The average molecular weight is 427 g/mol. The van der Waals surface area contributed by atoms with Crippen molar-refractivity contribution in [2.24, 2.45) is 56.7 Å². The summed E-state index contributed by atoms with van der Waals surface area (Å²) in [5.41, 5.74) is 2.36. The summed E-state index contributed by atoms with van der Waals surface area (Å²) < 4.78 is 0. The third-order valence-corrected chi connectivity index (χ3v) is 12.9. The minimum Gasteiger partial charge on any atom is -0.393 e. The molecule has 0 aromatic heterocycles. The summed E-state index contributed by atoms with van der Waals surface area (Å²) in [5, 5.41) is 10.8. The van der Waals surface area contributed by atoms with Crippen molar-refractivity contribution in [3.05, 3.63) is 12.2 Å². The first-order valence-electron chi connectivity index (χ1n) is 13.8. The fourth-order valence-corrected chi connectivity index (χ4v) is 11.0. The van der Waals surface area contributed by atoms with Gasteiger partial charge in [-0.1, -0.05) is 60.6 Å². The van der Waals surface area contributed by atoms with Crippen molar-refractivity contribution in [3.8, 4) is 0 Å². The zero-order chi connectivity index (χ0) is 22.4. The van der Waals surface area contributed by atoms with Crippen LogP contribution in [0.3, 0.4) is 0 Å². The number of fused-ring (bicyclic) bond motifs is 2. The van der Waals surface area contributed by atoms with Gasteiger partial charge in [0.2, 0.25) is 0 Å². The molecule has 1 N–H and O–H groups in total. The zero-order valence-electron chi connectivity index (χ0n) is 21.6. The van der Waals surface area contributed by atoms with Gasteiger partial charge in [0.15, 0.2) is 0 Å².